The van der Waals surface area contributed by atoms with Gasteiger partial charge < -0.3 is 28.4 Å². The van der Waals surface area contributed by atoms with Crippen LogP contribution in [0.5, 0.6) is 0 Å². The Balaban J connectivity index is 1.53. The third-order valence-corrected chi connectivity index (χ3v) is 8.33. The van der Waals surface area contributed by atoms with Crippen LogP contribution >= 0.6 is 0 Å². The van der Waals surface area contributed by atoms with Crippen molar-refractivity contribution in [1.29, 1.82) is 0 Å². The van der Waals surface area contributed by atoms with Gasteiger partial charge in [-0.05, 0) is 69.9 Å². The van der Waals surface area contributed by atoms with Crippen molar-refractivity contribution in [2.24, 2.45) is 11.8 Å². The van der Waals surface area contributed by atoms with E-state index in [1.54, 1.807) is 49.4 Å². The summed E-state index contributed by atoms with van der Waals surface area (Å²) in [6.45, 7) is 7.77. The normalized spacial score (nSPS) is 28.3. The summed E-state index contributed by atoms with van der Waals surface area (Å²) in [5.74, 6) is -2.76. The molecule has 0 spiro atoms. The number of esters is 3. The Morgan fingerprint density at radius 1 is 0.889 bits per heavy atom. The number of cyclic esters (lactones) is 2. The highest BCUT2D eigenvalue weighted by atomic mass is 16.7. The van der Waals surface area contributed by atoms with Crippen LogP contribution in [0.3, 0.4) is 0 Å². The summed E-state index contributed by atoms with van der Waals surface area (Å²) >= 11 is 0. The summed E-state index contributed by atoms with van der Waals surface area (Å²) in [4.78, 5) is 39.7. The zero-order valence-electron chi connectivity index (χ0n) is 26.7. The van der Waals surface area contributed by atoms with Crippen molar-refractivity contribution in [3.8, 4) is 0 Å². The van der Waals surface area contributed by atoms with E-state index >= 15 is 0 Å². The van der Waals surface area contributed by atoms with Gasteiger partial charge >= 0.3 is 17.9 Å². The van der Waals surface area contributed by atoms with E-state index in [0.717, 1.165) is 18.4 Å². The minimum atomic E-state index is -0.968. The zero-order chi connectivity index (χ0) is 32.2. The Kier molecular flexibility index (Phi) is 13.2. The minimum absolute atomic E-state index is 0.0733. The maximum absolute atomic E-state index is 13.4. The number of carbonyl (C=O) groups excluding carboxylic acids is 3. The van der Waals surface area contributed by atoms with Crippen molar-refractivity contribution in [3.05, 3.63) is 83.9 Å². The average Bonchev–Trinajstić information content (AvgIpc) is 3.51. The minimum Gasteiger partial charge on any atom is -0.462 e. The molecular formula is C36H46O9. The van der Waals surface area contributed by atoms with Crippen LogP contribution in [0.1, 0.15) is 75.7 Å². The molecule has 2 bridgehead atoms. The first kappa shape index (κ1) is 34.3. The molecule has 0 aromatic heterocycles. The molecule has 0 aliphatic carbocycles. The predicted octanol–water partition coefficient (Wildman–Crippen LogP) is 6.19. The monoisotopic (exact) mass is 622 g/mol. The van der Waals surface area contributed by atoms with Gasteiger partial charge in [0.2, 0.25) is 0 Å². The molecule has 2 aromatic rings. The van der Waals surface area contributed by atoms with Gasteiger partial charge in [0.05, 0.1) is 42.3 Å². The summed E-state index contributed by atoms with van der Waals surface area (Å²) in [6.07, 6.45) is 3.44. The number of hydrogen-bond acceptors (Lipinski definition) is 9. The number of rotatable bonds is 10. The maximum Gasteiger partial charge on any atom is 0.338 e. The Labute approximate surface area is 266 Å². The Hall–Kier alpha value is -3.53. The van der Waals surface area contributed by atoms with Crippen LogP contribution in [0.4, 0.5) is 0 Å². The van der Waals surface area contributed by atoms with Crippen LogP contribution in [0.25, 0.3) is 0 Å². The van der Waals surface area contributed by atoms with Gasteiger partial charge in [0.15, 0.2) is 0 Å². The standard InChI is InChI=1S/C36H46O9/c1-5-29(41-23-40-22-27-12-8-6-9-13-27)21-31-17-19-33(45-36(39)28-14-10-7-11-15-28)26(4)34(37)42-24(2)20-30-16-18-32(43-30)25(3)35(38)44-31/h6-15,17,19,24-26,29-33H,5,16,18,20-23H2,1-4H3/t24-,25-,26+,29+,30+,31?,32-,33?/m0/s1. The Morgan fingerprint density at radius 3 is 2.29 bits per heavy atom. The van der Waals surface area contributed by atoms with Crippen LogP contribution in [0, 0.1) is 11.8 Å². The average molecular weight is 623 g/mol. The smallest absolute Gasteiger partial charge is 0.338 e. The van der Waals surface area contributed by atoms with Crippen molar-refractivity contribution < 1.29 is 42.8 Å². The molecule has 0 saturated carbocycles. The fraction of sp³-hybridized carbons (Fsp3) is 0.528. The molecule has 0 amide bonds. The highest BCUT2D eigenvalue weighted by Crippen LogP contribution is 2.30. The summed E-state index contributed by atoms with van der Waals surface area (Å²) in [5.41, 5.74) is 1.40. The van der Waals surface area contributed by atoms with E-state index in [1.807, 2.05) is 51.1 Å². The van der Waals surface area contributed by atoms with Crippen molar-refractivity contribution >= 4 is 17.9 Å². The third kappa shape index (κ3) is 10.5. The molecule has 2 aromatic carbocycles. The number of ether oxygens (including phenoxy) is 6. The maximum atomic E-state index is 13.4. The fourth-order valence-electron chi connectivity index (χ4n) is 5.50. The molecule has 2 aliphatic heterocycles. The van der Waals surface area contributed by atoms with Crippen molar-refractivity contribution in [1.82, 2.24) is 0 Å². The molecule has 45 heavy (non-hydrogen) atoms. The molecule has 1 saturated heterocycles. The lowest BCUT2D eigenvalue weighted by Gasteiger charge is -2.25. The van der Waals surface area contributed by atoms with E-state index in [9.17, 15) is 14.4 Å². The molecule has 1 fully saturated rings. The number of fused-ring (bicyclic) bond motifs is 2. The molecular weight excluding hydrogens is 576 g/mol. The highest BCUT2D eigenvalue weighted by Gasteiger charge is 2.37. The van der Waals surface area contributed by atoms with Gasteiger partial charge in [0, 0.05) is 12.8 Å². The first-order chi connectivity index (χ1) is 21.7. The second-order valence-electron chi connectivity index (χ2n) is 11.9. The van der Waals surface area contributed by atoms with E-state index in [-0.39, 0.29) is 31.1 Å². The van der Waals surface area contributed by atoms with E-state index in [0.29, 0.717) is 31.4 Å². The lowest BCUT2D eigenvalue weighted by molar-refractivity contribution is -0.159. The molecule has 9 heteroatoms. The first-order valence-corrected chi connectivity index (χ1v) is 16.0. The van der Waals surface area contributed by atoms with Crippen LogP contribution in [-0.2, 0) is 44.6 Å². The first-order valence-electron chi connectivity index (χ1n) is 16.0. The molecule has 2 unspecified atom stereocenters. The van der Waals surface area contributed by atoms with E-state index in [4.69, 9.17) is 28.4 Å². The van der Waals surface area contributed by atoms with Crippen LogP contribution in [-0.4, -0.2) is 61.3 Å². The quantitative estimate of drug-likeness (QED) is 0.101. The molecule has 2 heterocycles. The van der Waals surface area contributed by atoms with Gasteiger partial charge in [-0.15, -0.1) is 0 Å². The zero-order valence-corrected chi connectivity index (χ0v) is 26.7. The topological polar surface area (TPSA) is 107 Å². The van der Waals surface area contributed by atoms with Gasteiger partial charge in [-0.25, -0.2) is 4.79 Å². The molecule has 9 nitrogen and oxygen atoms in total. The van der Waals surface area contributed by atoms with Crippen LogP contribution in [0.2, 0.25) is 0 Å². The van der Waals surface area contributed by atoms with Gasteiger partial charge in [0.25, 0.3) is 0 Å². The molecule has 4 rings (SSSR count). The van der Waals surface area contributed by atoms with E-state index in [1.165, 1.54) is 0 Å². The lowest BCUT2D eigenvalue weighted by atomic mass is 10.00. The van der Waals surface area contributed by atoms with E-state index in [2.05, 4.69) is 0 Å². The predicted molar refractivity (Wildman–Crippen MR) is 167 cm³/mol. The van der Waals surface area contributed by atoms with Crippen molar-refractivity contribution in [2.45, 2.75) is 103 Å². The second kappa shape index (κ2) is 17.2. The fourth-order valence-corrected chi connectivity index (χ4v) is 5.50. The van der Waals surface area contributed by atoms with Crippen molar-refractivity contribution in [3.63, 3.8) is 0 Å². The van der Waals surface area contributed by atoms with Crippen LogP contribution in [0.15, 0.2) is 72.8 Å². The van der Waals surface area contributed by atoms with Gasteiger partial charge in [0.1, 0.15) is 25.1 Å². The summed E-state index contributed by atoms with van der Waals surface area (Å²) in [7, 11) is 0. The largest absolute Gasteiger partial charge is 0.462 e. The lowest BCUT2D eigenvalue weighted by Crippen LogP contribution is -2.33. The highest BCUT2D eigenvalue weighted by molar-refractivity contribution is 5.89. The number of hydrogen-bond donors (Lipinski definition) is 0. The van der Waals surface area contributed by atoms with E-state index < -0.39 is 42.1 Å². The number of benzene rings is 2. The Morgan fingerprint density at radius 2 is 1.58 bits per heavy atom. The van der Waals surface area contributed by atoms with Gasteiger partial charge in [-0.2, -0.15) is 0 Å². The van der Waals surface area contributed by atoms with Crippen LogP contribution < -0.4 is 0 Å². The molecule has 0 radical (unpaired) electrons. The van der Waals surface area contributed by atoms with Crippen molar-refractivity contribution in [2.75, 3.05) is 6.79 Å². The molecule has 2 aliphatic rings. The molecule has 8 atom stereocenters. The SMILES string of the molecule is CC[C@H](CC1C=CC(OC(=O)c2ccccc2)[C@@H](C)C(=O)O[C@@H](C)C[C@H]2CC[C@H](O2)[C@H](C)C(=O)O1)OCOCc1ccccc1. The second-order valence-corrected chi connectivity index (χ2v) is 11.9. The summed E-state index contributed by atoms with van der Waals surface area (Å²) in [5, 5.41) is 0. The summed E-state index contributed by atoms with van der Waals surface area (Å²) < 4.78 is 35.6. The number of carbonyl (C=O) groups is 3. The third-order valence-electron chi connectivity index (χ3n) is 8.33. The van der Waals surface area contributed by atoms with Gasteiger partial charge in [-0.3, -0.25) is 9.59 Å². The molecule has 244 valence electrons. The summed E-state index contributed by atoms with van der Waals surface area (Å²) in [6, 6.07) is 18.4. The molecule has 0 N–H and O–H groups in total. The van der Waals surface area contributed by atoms with Gasteiger partial charge in [-0.1, -0.05) is 55.5 Å². The Bertz CT molecular complexity index is 1250.